The van der Waals surface area contributed by atoms with Crippen molar-refractivity contribution in [3.8, 4) is 0 Å². The molecule has 5 heteroatoms. The molecule has 1 amide bonds. The highest BCUT2D eigenvalue weighted by Crippen LogP contribution is 2.44. The van der Waals surface area contributed by atoms with E-state index in [1.165, 1.54) is 0 Å². The lowest BCUT2D eigenvalue weighted by atomic mass is 9.61. The molecule has 3 N–H and O–H groups in total. The highest BCUT2D eigenvalue weighted by molar-refractivity contribution is 5.79. The van der Waals surface area contributed by atoms with Gasteiger partial charge in [0.1, 0.15) is 5.82 Å². The number of carbonyl (C=O) groups excluding carboxylic acids is 1. The van der Waals surface area contributed by atoms with Crippen molar-refractivity contribution in [1.82, 2.24) is 15.3 Å². The molecule has 0 aliphatic heterocycles. The molecule has 0 saturated heterocycles. The first-order chi connectivity index (χ1) is 9.82. The molecule has 0 aromatic carbocycles. The number of nitrogens with one attached hydrogen (secondary N) is 1. The quantitative estimate of drug-likeness (QED) is 0.889. The van der Waals surface area contributed by atoms with Crippen molar-refractivity contribution >= 4 is 5.91 Å². The summed E-state index contributed by atoms with van der Waals surface area (Å²) in [7, 11) is 0. The summed E-state index contributed by atoms with van der Waals surface area (Å²) in [5.74, 6) is 1.17. The molecule has 1 aromatic rings. The van der Waals surface area contributed by atoms with Crippen molar-refractivity contribution in [2.24, 2.45) is 23.0 Å². The van der Waals surface area contributed by atoms with Crippen molar-refractivity contribution in [2.45, 2.75) is 53.1 Å². The molecule has 5 nitrogen and oxygen atoms in total. The summed E-state index contributed by atoms with van der Waals surface area (Å²) >= 11 is 0. The van der Waals surface area contributed by atoms with Crippen molar-refractivity contribution in [3.63, 3.8) is 0 Å². The van der Waals surface area contributed by atoms with Crippen LogP contribution in [0.3, 0.4) is 0 Å². The van der Waals surface area contributed by atoms with Gasteiger partial charge in [0.05, 0.1) is 12.2 Å². The zero-order valence-electron chi connectivity index (χ0n) is 13.4. The van der Waals surface area contributed by atoms with Crippen LogP contribution in [-0.4, -0.2) is 21.9 Å². The van der Waals surface area contributed by atoms with E-state index >= 15 is 0 Å². The molecule has 0 bridgehead atoms. The third kappa shape index (κ3) is 3.40. The van der Waals surface area contributed by atoms with Gasteiger partial charge in [0, 0.05) is 18.2 Å². The number of hydrogen-bond donors (Lipinski definition) is 2. The van der Waals surface area contributed by atoms with Gasteiger partial charge in [-0.3, -0.25) is 4.79 Å². The van der Waals surface area contributed by atoms with Crippen LogP contribution in [0.4, 0.5) is 0 Å². The first-order valence-electron chi connectivity index (χ1n) is 7.64. The number of hydrogen-bond acceptors (Lipinski definition) is 4. The van der Waals surface area contributed by atoms with E-state index in [0.29, 0.717) is 12.5 Å². The van der Waals surface area contributed by atoms with Gasteiger partial charge in [-0.1, -0.05) is 20.8 Å². The smallest absolute Gasteiger partial charge is 0.223 e. The van der Waals surface area contributed by atoms with E-state index in [1.807, 2.05) is 13.0 Å². The monoisotopic (exact) mass is 290 g/mol. The topological polar surface area (TPSA) is 80.9 Å². The van der Waals surface area contributed by atoms with Crippen LogP contribution < -0.4 is 11.1 Å². The predicted molar refractivity (Wildman–Crippen MR) is 82.3 cm³/mol. The second-order valence-electron chi connectivity index (χ2n) is 6.72. The first-order valence-corrected chi connectivity index (χ1v) is 7.64. The fraction of sp³-hybridized carbons (Fsp3) is 0.688. The van der Waals surface area contributed by atoms with Crippen LogP contribution in [-0.2, 0) is 11.3 Å². The molecule has 116 valence electrons. The third-order valence-corrected chi connectivity index (χ3v) is 5.10. The number of amides is 1. The molecular formula is C16H26N4O. The maximum absolute atomic E-state index is 12.5. The normalized spacial score (nSPS) is 28.1. The molecule has 1 saturated carbocycles. The highest BCUT2D eigenvalue weighted by atomic mass is 16.1. The van der Waals surface area contributed by atoms with Crippen molar-refractivity contribution in [3.05, 3.63) is 23.8 Å². The van der Waals surface area contributed by atoms with Gasteiger partial charge >= 0.3 is 0 Å². The van der Waals surface area contributed by atoms with Gasteiger partial charge in [-0.25, -0.2) is 9.97 Å². The lowest BCUT2D eigenvalue weighted by Crippen LogP contribution is -2.51. The number of aryl methyl sites for hydroxylation is 1. The average molecular weight is 290 g/mol. The summed E-state index contributed by atoms with van der Waals surface area (Å²) in [4.78, 5) is 20.9. The van der Waals surface area contributed by atoms with Gasteiger partial charge < -0.3 is 11.1 Å². The summed E-state index contributed by atoms with van der Waals surface area (Å²) in [6.07, 6.45) is 3.48. The summed E-state index contributed by atoms with van der Waals surface area (Å²) in [6.45, 7) is 8.75. The minimum absolute atomic E-state index is 0.00948. The average Bonchev–Trinajstić information content (AvgIpc) is 2.42. The first kappa shape index (κ1) is 15.9. The van der Waals surface area contributed by atoms with Gasteiger partial charge in [-0.05, 0) is 37.2 Å². The number of aromatic nitrogens is 2. The van der Waals surface area contributed by atoms with Gasteiger partial charge in [0.2, 0.25) is 5.91 Å². The lowest BCUT2D eigenvalue weighted by molar-refractivity contribution is -0.132. The molecule has 1 fully saturated rings. The molecule has 3 unspecified atom stereocenters. The highest BCUT2D eigenvalue weighted by Gasteiger charge is 2.44. The fourth-order valence-corrected chi connectivity index (χ4v) is 3.22. The number of nitrogens with two attached hydrogens (primary N) is 1. The van der Waals surface area contributed by atoms with E-state index in [2.05, 4.69) is 36.1 Å². The SMILES string of the molecule is Cc1nccc(CNC(=O)C2CCC(N)C(C)C2(C)C)n1. The van der Waals surface area contributed by atoms with Gasteiger partial charge in [0.15, 0.2) is 0 Å². The molecular weight excluding hydrogens is 264 g/mol. The number of carbonyl (C=O) groups is 1. The molecule has 3 atom stereocenters. The molecule has 0 spiro atoms. The maximum atomic E-state index is 12.5. The minimum Gasteiger partial charge on any atom is -0.350 e. The third-order valence-electron chi connectivity index (χ3n) is 5.10. The fourth-order valence-electron chi connectivity index (χ4n) is 3.22. The van der Waals surface area contributed by atoms with Gasteiger partial charge in [-0.15, -0.1) is 0 Å². The zero-order valence-corrected chi connectivity index (χ0v) is 13.4. The van der Waals surface area contributed by atoms with Crippen LogP contribution in [0.2, 0.25) is 0 Å². The molecule has 0 radical (unpaired) electrons. The lowest BCUT2D eigenvalue weighted by Gasteiger charge is -2.46. The van der Waals surface area contributed by atoms with Crippen molar-refractivity contribution < 1.29 is 4.79 Å². The van der Waals surface area contributed by atoms with E-state index in [0.717, 1.165) is 24.4 Å². The van der Waals surface area contributed by atoms with Crippen LogP contribution in [0.15, 0.2) is 12.3 Å². The largest absolute Gasteiger partial charge is 0.350 e. The Labute approximate surface area is 126 Å². The Bertz CT molecular complexity index is 515. The van der Waals surface area contributed by atoms with Crippen LogP contribution in [0.25, 0.3) is 0 Å². The molecule has 1 aliphatic carbocycles. The number of nitrogens with zero attached hydrogens (tertiary/aromatic N) is 2. The molecule has 1 aromatic heterocycles. The van der Waals surface area contributed by atoms with E-state index in [4.69, 9.17) is 5.73 Å². The molecule has 1 aliphatic rings. The Morgan fingerprint density at radius 1 is 1.48 bits per heavy atom. The summed E-state index contributed by atoms with van der Waals surface area (Å²) in [5.41, 5.74) is 6.91. The summed E-state index contributed by atoms with van der Waals surface area (Å²) in [5, 5.41) is 3.02. The van der Waals surface area contributed by atoms with E-state index in [9.17, 15) is 4.79 Å². The summed E-state index contributed by atoms with van der Waals surface area (Å²) in [6, 6.07) is 2.02. The Kier molecular flexibility index (Phi) is 4.61. The van der Waals surface area contributed by atoms with Gasteiger partial charge in [0.25, 0.3) is 0 Å². The zero-order chi connectivity index (χ0) is 15.6. The van der Waals surface area contributed by atoms with Gasteiger partial charge in [-0.2, -0.15) is 0 Å². The Morgan fingerprint density at radius 3 is 2.86 bits per heavy atom. The maximum Gasteiger partial charge on any atom is 0.223 e. The standard InChI is InChI=1S/C16H26N4O/c1-10-14(17)6-5-13(16(10,3)4)15(21)19-9-12-7-8-18-11(2)20-12/h7-8,10,13-14H,5-6,9,17H2,1-4H3,(H,19,21). The second-order valence-corrected chi connectivity index (χ2v) is 6.72. The minimum atomic E-state index is -0.0800. The van der Waals surface area contributed by atoms with E-state index in [1.54, 1.807) is 6.20 Å². The van der Waals surface area contributed by atoms with Crippen LogP contribution >= 0.6 is 0 Å². The van der Waals surface area contributed by atoms with E-state index < -0.39 is 0 Å². The van der Waals surface area contributed by atoms with Crippen LogP contribution in [0.1, 0.15) is 45.1 Å². The molecule has 1 heterocycles. The predicted octanol–water partition coefficient (Wildman–Crippen LogP) is 1.80. The Hall–Kier alpha value is -1.49. The van der Waals surface area contributed by atoms with Crippen LogP contribution in [0.5, 0.6) is 0 Å². The van der Waals surface area contributed by atoms with E-state index in [-0.39, 0.29) is 23.3 Å². The molecule has 2 rings (SSSR count). The Morgan fingerprint density at radius 2 is 2.19 bits per heavy atom. The Balaban J connectivity index is 2.00. The second kappa shape index (κ2) is 6.10. The van der Waals surface area contributed by atoms with Crippen molar-refractivity contribution in [1.29, 1.82) is 0 Å². The summed E-state index contributed by atoms with van der Waals surface area (Å²) < 4.78 is 0. The van der Waals surface area contributed by atoms with Crippen molar-refractivity contribution in [2.75, 3.05) is 0 Å². The molecule has 21 heavy (non-hydrogen) atoms. The van der Waals surface area contributed by atoms with Crippen LogP contribution in [0, 0.1) is 24.2 Å². The number of rotatable bonds is 3.